The first-order valence-corrected chi connectivity index (χ1v) is 5.39. The molecule has 0 heterocycles. The number of hydrogen-bond donors (Lipinski definition) is 4. The summed E-state index contributed by atoms with van der Waals surface area (Å²) in [6, 6.07) is 2.19. The Hall–Kier alpha value is -0.820. The van der Waals surface area contributed by atoms with Gasteiger partial charge in [-0.15, -0.1) is 12.4 Å². The van der Waals surface area contributed by atoms with Crippen LogP contribution in [-0.4, -0.2) is 27.9 Å². The van der Waals surface area contributed by atoms with Crippen molar-refractivity contribution < 1.29 is 20.1 Å². The van der Waals surface area contributed by atoms with Gasteiger partial charge >= 0.3 is 5.97 Å². The minimum absolute atomic E-state index is 0. The minimum atomic E-state index is -1.22. The smallest absolute Gasteiger partial charge is 0.339 e. The zero-order chi connectivity index (χ0) is 12.3. The third kappa shape index (κ3) is 3.57. The summed E-state index contributed by atoms with van der Waals surface area (Å²) in [6.45, 7) is -0.135. The van der Waals surface area contributed by atoms with E-state index in [0.29, 0.717) is 10.0 Å². The number of carboxylic acid groups (broad SMARTS) is 1. The van der Waals surface area contributed by atoms with Crippen LogP contribution in [0.5, 0.6) is 5.75 Å². The zero-order valence-electron chi connectivity index (χ0n) is 8.76. The topological polar surface area (TPSA) is 104 Å². The summed E-state index contributed by atoms with van der Waals surface area (Å²) in [4.78, 5) is 10.8. The van der Waals surface area contributed by atoms with Crippen LogP contribution in [0.25, 0.3) is 0 Å². The van der Waals surface area contributed by atoms with E-state index in [0.717, 1.165) is 0 Å². The van der Waals surface area contributed by atoms with Crippen LogP contribution in [0, 0.1) is 0 Å². The van der Waals surface area contributed by atoms with Gasteiger partial charge in [0.2, 0.25) is 0 Å². The molecule has 0 bridgehead atoms. The number of aromatic hydroxyl groups is 1. The first-order valence-electron chi connectivity index (χ1n) is 4.60. The molecule has 0 aliphatic heterocycles. The molecule has 1 aromatic carbocycles. The number of halogens is 2. The van der Waals surface area contributed by atoms with Gasteiger partial charge in [0, 0.05) is 22.7 Å². The zero-order valence-corrected chi connectivity index (χ0v) is 11.2. The Labute approximate surface area is 113 Å². The Bertz CT molecular complexity index is 414. The van der Waals surface area contributed by atoms with Gasteiger partial charge in [0.25, 0.3) is 0 Å². The summed E-state index contributed by atoms with van der Waals surface area (Å²) >= 11 is 3.19. The van der Waals surface area contributed by atoms with Crippen molar-refractivity contribution in [2.45, 2.75) is 12.5 Å². The molecule has 0 aromatic heterocycles. The lowest BCUT2D eigenvalue weighted by Gasteiger charge is -2.15. The SMILES string of the molecule is Cl.N[C@H](CCO)c1c(Br)ccc(C(=O)O)c1O. The van der Waals surface area contributed by atoms with Crippen molar-refractivity contribution >= 4 is 34.3 Å². The molecule has 0 saturated heterocycles. The van der Waals surface area contributed by atoms with Crippen molar-refractivity contribution in [2.75, 3.05) is 6.61 Å². The van der Waals surface area contributed by atoms with Gasteiger partial charge in [0.1, 0.15) is 11.3 Å². The van der Waals surface area contributed by atoms with E-state index in [1.807, 2.05) is 0 Å². The molecule has 0 aliphatic rings. The molecule has 5 nitrogen and oxygen atoms in total. The second-order valence-corrected chi connectivity index (χ2v) is 4.14. The highest BCUT2D eigenvalue weighted by molar-refractivity contribution is 9.10. The van der Waals surface area contributed by atoms with E-state index < -0.39 is 12.0 Å². The number of aromatic carboxylic acids is 1. The Balaban J connectivity index is 0.00000256. The fourth-order valence-corrected chi connectivity index (χ4v) is 2.01. The second-order valence-electron chi connectivity index (χ2n) is 3.28. The van der Waals surface area contributed by atoms with E-state index in [2.05, 4.69) is 15.9 Å². The number of nitrogens with two attached hydrogens (primary N) is 1. The fraction of sp³-hybridized carbons (Fsp3) is 0.300. The molecule has 0 radical (unpaired) electrons. The van der Waals surface area contributed by atoms with Gasteiger partial charge < -0.3 is 21.1 Å². The lowest BCUT2D eigenvalue weighted by atomic mass is 10.0. The van der Waals surface area contributed by atoms with Crippen LogP contribution in [0.1, 0.15) is 28.4 Å². The van der Waals surface area contributed by atoms with Crippen LogP contribution in [0.4, 0.5) is 0 Å². The van der Waals surface area contributed by atoms with Gasteiger partial charge in [-0.2, -0.15) is 0 Å². The molecule has 0 fully saturated rings. The summed E-state index contributed by atoms with van der Waals surface area (Å²) in [6.07, 6.45) is 0.245. The lowest BCUT2D eigenvalue weighted by Crippen LogP contribution is -2.14. The van der Waals surface area contributed by atoms with Gasteiger partial charge in [-0.1, -0.05) is 15.9 Å². The maximum absolute atomic E-state index is 10.8. The fourth-order valence-electron chi connectivity index (χ4n) is 1.39. The summed E-state index contributed by atoms with van der Waals surface area (Å²) in [5, 5.41) is 27.4. The molecule has 1 rings (SSSR count). The molecule has 0 unspecified atom stereocenters. The summed E-state index contributed by atoms with van der Waals surface area (Å²) in [5.74, 6) is -1.58. The number of aliphatic hydroxyl groups is 1. The van der Waals surface area contributed by atoms with Gasteiger partial charge in [-0.3, -0.25) is 0 Å². The Morgan fingerprint density at radius 3 is 2.53 bits per heavy atom. The largest absolute Gasteiger partial charge is 0.507 e. The van der Waals surface area contributed by atoms with Gasteiger partial charge in [-0.25, -0.2) is 4.79 Å². The van der Waals surface area contributed by atoms with E-state index in [1.165, 1.54) is 12.1 Å². The number of hydrogen-bond acceptors (Lipinski definition) is 4. The number of phenols is 1. The standard InChI is InChI=1S/C10H12BrNO4.ClH/c11-6-2-1-5(10(15)16)9(14)8(6)7(12)3-4-13;/h1-2,7,13-14H,3-4,12H2,(H,15,16);1H/t7-;/m1./s1. The maximum atomic E-state index is 10.8. The second kappa shape index (κ2) is 6.80. The van der Waals surface area contributed by atoms with Crippen LogP contribution in [0.15, 0.2) is 16.6 Å². The molecule has 17 heavy (non-hydrogen) atoms. The summed E-state index contributed by atoms with van der Waals surface area (Å²) in [5.41, 5.74) is 5.83. The van der Waals surface area contributed by atoms with Crippen LogP contribution in [0.3, 0.4) is 0 Å². The van der Waals surface area contributed by atoms with Gasteiger partial charge in [0.05, 0.1) is 0 Å². The highest BCUT2D eigenvalue weighted by Crippen LogP contribution is 2.34. The van der Waals surface area contributed by atoms with Crippen LogP contribution in [0.2, 0.25) is 0 Å². The molecule has 1 atom stereocenters. The number of benzene rings is 1. The molecule has 0 spiro atoms. The molecule has 0 amide bonds. The van der Waals surface area contributed by atoms with Crippen LogP contribution < -0.4 is 5.73 Å². The van der Waals surface area contributed by atoms with Crippen LogP contribution >= 0.6 is 28.3 Å². The normalized spacial score (nSPS) is 11.7. The number of carboxylic acids is 1. The van der Waals surface area contributed by atoms with Crippen molar-refractivity contribution in [1.29, 1.82) is 0 Å². The van der Waals surface area contributed by atoms with Gasteiger partial charge in [-0.05, 0) is 18.6 Å². The number of carbonyl (C=O) groups is 1. The predicted molar refractivity (Wildman–Crippen MR) is 68.6 cm³/mol. The third-order valence-electron chi connectivity index (χ3n) is 2.21. The predicted octanol–water partition coefficient (Wildman–Crippen LogP) is 1.66. The van der Waals surface area contributed by atoms with E-state index >= 15 is 0 Å². The molecule has 5 N–H and O–H groups in total. The molecule has 0 saturated carbocycles. The average molecular weight is 327 g/mol. The molecular formula is C10H13BrClNO4. The average Bonchev–Trinajstić information content (AvgIpc) is 2.17. The summed E-state index contributed by atoms with van der Waals surface area (Å²) in [7, 11) is 0. The van der Waals surface area contributed by atoms with E-state index in [-0.39, 0.29) is 36.7 Å². The van der Waals surface area contributed by atoms with Crippen molar-refractivity contribution in [1.82, 2.24) is 0 Å². The molecule has 0 aliphatic carbocycles. The Morgan fingerprint density at radius 2 is 2.06 bits per heavy atom. The molecular weight excluding hydrogens is 313 g/mol. The highest BCUT2D eigenvalue weighted by Gasteiger charge is 2.20. The highest BCUT2D eigenvalue weighted by atomic mass is 79.9. The summed E-state index contributed by atoms with van der Waals surface area (Å²) < 4.78 is 0.524. The minimum Gasteiger partial charge on any atom is -0.507 e. The van der Waals surface area contributed by atoms with Crippen molar-refractivity contribution in [3.63, 3.8) is 0 Å². The van der Waals surface area contributed by atoms with E-state index in [1.54, 1.807) is 0 Å². The van der Waals surface area contributed by atoms with Crippen molar-refractivity contribution in [3.05, 3.63) is 27.7 Å². The van der Waals surface area contributed by atoms with Gasteiger partial charge in [0.15, 0.2) is 0 Å². The van der Waals surface area contributed by atoms with Crippen molar-refractivity contribution in [3.8, 4) is 5.75 Å². The Kier molecular flexibility index (Phi) is 6.48. The first-order chi connectivity index (χ1) is 7.49. The quantitative estimate of drug-likeness (QED) is 0.673. The third-order valence-corrected chi connectivity index (χ3v) is 2.90. The molecule has 96 valence electrons. The molecule has 1 aromatic rings. The number of rotatable bonds is 4. The monoisotopic (exact) mass is 325 g/mol. The van der Waals surface area contributed by atoms with Crippen LogP contribution in [-0.2, 0) is 0 Å². The van der Waals surface area contributed by atoms with Crippen molar-refractivity contribution in [2.24, 2.45) is 5.73 Å². The van der Waals surface area contributed by atoms with E-state index in [4.69, 9.17) is 15.9 Å². The molecule has 7 heteroatoms. The maximum Gasteiger partial charge on any atom is 0.339 e. The van der Waals surface area contributed by atoms with E-state index in [9.17, 15) is 9.90 Å². The lowest BCUT2D eigenvalue weighted by molar-refractivity contribution is 0.0693. The first kappa shape index (κ1) is 16.2. The Morgan fingerprint density at radius 1 is 1.47 bits per heavy atom. The number of aliphatic hydroxyl groups excluding tert-OH is 1.